The number of hydrogen-bond donors (Lipinski definition) is 3. The molecule has 3 N–H and O–H groups in total. The molecular weight excluding hydrogens is 591 g/mol. The number of pyridine rings is 1. The third-order valence-corrected chi connectivity index (χ3v) is 10.1. The highest BCUT2D eigenvalue weighted by molar-refractivity contribution is 7.92. The number of nitrogens with one attached hydrogen (secondary N) is 3. The zero-order valence-electron chi connectivity index (χ0n) is 23.8. The van der Waals surface area contributed by atoms with Gasteiger partial charge in [-0.25, -0.2) is 27.8 Å². The van der Waals surface area contributed by atoms with Crippen LogP contribution in [0, 0.1) is 24.1 Å². The molecule has 3 fully saturated rings. The maximum absolute atomic E-state index is 15.1. The lowest BCUT2D eigenvalue weighted by molar-refractivity contribution is 0.466. The largest absolute Gasteiger partial charge is 0.437 e. The van der Waals surface area contributed by atoms with Gasteiger partial charge in [0, 0.05) is 35.8 Å². The van der Waals surface area contributed by atoms with Crippen LogP contribution in [0.15, 0.2) is 54.9 Å². The van der Waals surface area contributed by atoms with Crippen molar-refractivity contribution in [3.63, 3.8) is 0 Å². The van der Waals surface area contributed by atoms with E-state index in [0.717, 1.165) is 50.8 Å². The summed E-state index contributed by atoms with van der Waals surface area (Å²) in [5, 5.41) is 7.79. The number of ether oxygens (including phenoxy) is 1. The second-order valence-electron chi connectivity index (χ2n) is 11.8. The van der Waals surface area contributed by atoms with Crippen LogP contribution in [0.2, 0.25) is 0 Å². The van der Waals surface area contributed by atoms with Crippen LogP contribution in [-0.4, -0.2) is 48.3 Å². The molecule has 3 aliphatic rings. The van der Waals surface area contributed by atoms with Crippen molar-refractivity contribution in [2.45, 2.75) is 45.1 Å². The molecule has 12 heteroatoms. The minimum Gasteiger partial charge on any atom is -0.437 e. The topological polar surface area (TPSA) is 118 Å². The molecule has 0 radical (unpaired) electrons. The quantitative estimate of drug-likeness (QED) is 0.206. The van der Waals surface area contributed by atoms with E-state index in [2.05, 4.69) is 25.3 Å². The maximum Gasteiger partial charge on any atom is 0.233 e. The average Bonchev–Trinajstić information content (AvgIpc) is 3.90. The predicted octanol–water partition coefficient (Wildman–Crippen LogP) is 6.06. The van der Waals surface area contributed by atoms with Gasteiger partial charge in [-0.15, -0.1) is 12.4 Å². The Labute approximate surface area is 256 Å². The van der Waals surface area contributed by atoms with Gasteiger partial charge in [-0.05, 0) is 92.8 Å². The smallest absolute Gasteiger partial charge is 0.233 e. The summed E-state index contributed by atoms with van der Waals surface area (Å²) in [6.07, 6.45) is 8.61. The van der Waals surface area contributed by atoms with E-state index < -0.39 is 15.8 Å². The Bertz CT molecular complexity index is 1780. The van der Waals surface area contributed by atoms with Gasteiger partial charge in [-0.1, -0.05) is 12.1 Å². The van der Waals surface area contributed by atoms with Crippen LogP contribution in [-0.2, 0) is 10.0 Å². The molecule has 7 rings (SSSR count). The monoisotopic (exact) mass is 624 g/mol. The number of piperidine rings is 1. The summed E-state index contributed by atoms with van der Waals surface area (Å²) < 4.78 is 50.1. The van der Waals surface area contributed by atoms with Crippen molar-refractivity contribution < 1.29 is 17.5 Å². The Morgan fingerprint density at radius 1 is 1.09 bits per heavy atom. The number of aromatic nitrogens is 3. The Hall–Kier alpha value is -3.54. The minimum absolute atomic E-state index is 0. The number of fused-ring (bicyclic) bond motifs is 1. The molecule has 1 unspecified atom stereocenters. The first kappa shape index (κ1) is 29.5. The third-order valence-electron chi connectivity index (χ3n) is 8.76. The number of anilines is 2. The van der Waals surface area contributed by atoms with Crippen LogP contribution in [0.1, 0.15) is 37.7 Å². The minimum atomic E-state index is -3.72. The van der Waals surface area contributed by atoms with Crippen LogP contribution < -0.4 is 20.1 Å². The first-order valence-electron chi connectivity index (χ1n) is 14.5. The lowest BCUT2D eigenvalue weighted by Crippen LogP contribution is -2.38. The van der Waals surface area contributed by atoms with Gasteiger partial charge in [0.15, 0.2) is 0 Å². The average molecular weight is 625 g/mol. The molecular formula is C31H34ClFN6O3S. The number of sulfonamides is 1. The zero-order valence-corrected chi connectivity index (χ0v) is 25.4. The zero-order chi connectivity index (χ0) is 28.9. The normalized spacial score (nSPS) is 20.3. The molecule has 9 nitrogen and oxygen atoms in total. The lowest BCUT2D eigenvalue weighted by Gasteiger charge is -2.23. The highest BCUT2D eigenvalue weighted by atomic mass is 35.5. The van der Waals surface area contributed by atoms with Crippen LogP contribution in [0.3, 0.4) is 0 Å². The van der Waals surface area contributed by atoms with Gasteiger partial charge in [-0.2, -0.15) is 0 Å². The van der Waals surface area contributed by atoms with Crippen LogP contribution in [0.4, 0.5) is 16.0 Å². The summed E-state index contributed by atoms with van der Waals surface area (Å²) in [5.41, 5.74) is 2.28. The Kier molecular flexibility index (Phi) is 7.91. The van der Waals surface area contributed by atoms with E-state index in [1.807, 2.05) is 19.1 Å². The van der Waals surface area contributed by atoms with E-state index in [9.17, 15) is 8.42 Å². The second-order valence-corrected chi connectivity index (χ2v) is 13.6. The van der Waals surface area contributed by atoms with Crippen molar-refractivity contribution >= 4 is 44.8 Å². The van der Waals surface area contributed by atoms with E-state index in [1.54, 1.807) is 36.7 Å². The summed E-state index contributed by atoms with van der Waals surface area (Å²) in [6, 6.07) is 12.1. The maximum atomic E-state index is 15.1. The molecule has 2 aliphatic carbocycles. The lowest BCUT2D eigenvalue weighted by atomic mass is 10.0. The molecule has 1 aliphatic heterocycles. The third kappa shape index (κ3) is 6.11. The number of halogens is 2. The summed E-state index contributed by atoms with van der Waals surface area (Å²) in [6.45, 7) is 3.76. The van der Waals surface area contributed by atoms with E-state index in [0.29, 0.717) is 39.6 Å². The van der Waals surface area contributed by atoms with Gasteiger partial charge in [0.1, 0.15) is 11.6 Å². The molecule has 2 atom stereocenters. The highest BCUT2D eigenvalue weighted by Gasteiger charge is 2.63. The van der Waals surface area contributed by atoms with Crippen molar-refractivity contribution in [3.05, 3.63) is 66.2 Å². The first-order valence-corrected chi connectivity index (χ1v) is 16.1. The van der Waals surface area contributed by atoms with E-state index >= 15 is 4.39 Å². The summed E-state index contributed by atoms with van der Waals surface area (Å²) in [5.74, 6) is 0.866. The molecule has 226 valence electrons. The van der Waals surface area contributed by atoms with Crippen LogP contribution in [0.25, 0.3) is 22.0 Å². The van der Waals surface area contributed by atoms with Crippen molar-refractivity contribution in [2.24, 2.45) is 11.3 Å². The van der Waals surface area contributed by atoms with Gasteiger partial charge in [0.05, 0.1) is 22.7 Å². The number of rotatable bonds is 9. The molecule has 2 aromatic carbocycles. The molecule has 4 aromatic rings. The fraction of sp³-hybridized carbons (Fsp3) is 0.387. The molecule has 2 saturated carbocycles. The first-order chi connectivity index (χ1) is 20.3. The predicted molar refractivity (Wildman–Crippen MR) is 168 cm³/mol. The van der Waals surface area contributed by atoms with Crippen molar-refractivity contribution in [2.75, 3.05) is 28.9 Å². The number of hydrogen-bond acceptors (Lipinski definition) is 8. The van der Waals surface area contributed by atoms with E-state index in [1.165, 1.54) is 6.07 Å². The van der Waals surface area contributed by atoms with Gasteiger partial charge >= 0.3 is 0 Å². The van der Waals surface area contributed by atoms with Gasteiger partial charge in [-0.3, -0.25) is 4.72 Å². The Morgan fingerprint density at radius 2 is 1.93 bits per heavy atom. The Balaban J connectivity index is 0.00000329. The van der Waals surface area contributed by atoms with Crippen LogP contribution >= 0.6 is 12.4 Å². The molecule has 3 heterocycles. The second kappa shape index (κ2) is 11.5. The summed E-state index contributed by atoms with van der Waals surface area (Å²) in [7, 11) is -3.72. The van der Waals surface area contributed by atoms with E-state index in [4.69, 9.17) is 9.72 Å². The SMILES string of the molecule is Cc1ccc2c(NS(=O)(=O)C[C@H]3CC34CC4)c(F)ccc2c1Oc1ncccc1-c1ccnc(NC2CCCNC2)n1.Cl. The van der Waals surface area contributed by atoms with Crippen molar-refractivity contribution in [3.8, 4) is 22.9 Å². The van der Waals surface area contributed by atoms with Crippen molar-refractivity contribution in [1.82, 2.24) is 20.3 Å². The molecule has 1 spiro atoms. The molecule has 2 aromatic heterocycles. The van der Waals surface area contributed by atoms with Crippen LogP contribution in [0.5, 0.6) is 11.6 Å². The highest BCUT2D eigenvalue weighted by Crippen LogP contribution is 2.70. The summed E-state index contributed by atoms with van der Waals surface area (Å²) >= 11 is 0. The molecule has 0 bridgehead atoms. The van der Waals surface area contributed by atoms with Gasteiger partial charge in [0.25, 0.3) is 0 Å². The summed E-state index contributed by atoms with van der Waals surface area (Å²) in [4.78, 5) is 13.6. The van der Waals surface area contributed by atoms with E-state index in [-0.39, 0.29) is 41.2 Å². The standard InChI is InChI=1S/C31H33FN6O3S.ClH/c1-19-6-7-22-23(8-9-25(32)27(22)38-42(39,40)18-20-16-31(20)11-12-31)28(19)41-29-24(5-3-14-34-29)26-10-15-35-30(37-26)36-21-4-2-13-33-17-21;/h3,5-10,14-15,20-21,33,38H,2,4,11-13,16-18H2,1H3,(H,35,36,37);1H/t20-,21?;/m1./s1. The number of aryl methyl sites for hydroxylation is 1. The molecule has 43 heavy (non-hydrogen) atoms. The molecule has 1 saturated heterocycles. The number of nitrogens with zero attached hydrogens (tertiary/aromatic N) is 3. The molecule has 0 amide bonds. The fourth-order valence-electron chi connectivity index (χ4n) is 6.10. The Morgan fingerprint density at radius 3 is 2.70 bits per heavy atom. The van der Waals surface area contributed by atoms with Gasteiger partial charge < -0.3 is 15.4 Å². The van der Waals surface area contributed by atoms with Gasteiger partial charge in [0.2, 0.25) is 21.9 Å². The van der Waals surface area contributed by atoms with Crippen molar-refractivity contribution in [1.29, 1.82) is 0 Å². The number of benzene rings is 2. The fourth-order valence-corrected chi connectivity index (χ4v) is 7.70.